The summed E-state index contributed by atoms with van der Waals surface area (Å²) >= 11 is 12.7. The number of rotatable bonds is 5. The number of amides is 4. The van der Waals surface area contributed by atoms with Gasteiger partial charge in [-0.1, -0.05) is 77.8 Å². The Morgan fingerprint density at radius 1 is 0.892 bits per heavy atom. The zero-order valence-corrected chi connectivity index (χ0v) is 21.1. The molecule has 4 aromatic carbocycles. The Kier molecular flexibility index (Phi) is 6.70. The Labute approximate surface area is 223 Å². The van der Waals surface area contributed by atoms with Gasteiger partial charge in [0.2, 0.25) is 0 Å². The van der Waals surface area contributed by atoms with Gasteiger partial charge >= 0.3 is 6.03 Å². The summed E-state index contributed by atoms with van der Waals surface area (Å²) in [5.41, 5.74) is 2.61. The van der Waals surface area contributed by atoms with Crippen molar-refractivity contribution >= 4 is 63.6 Å². The maximum absolute atomic E-state index is 13.1. The second kappa shape index (κ2) is 10.1. The molecule has 0 atom stereocenters. The lowest BCUT2D eigenvalue weighted by molar-refractivity contribution is -0.122. The van der Waals surface area contributed by atoms with E-state index in [2.05, 4.69) is 29.6 Å². The molecule has 0 radical (unpaired) electrons. The highest BCUT2D eigenvalue weighted by molar-refractivity contribution is 6.42. The highest BCUT2D eigenvalue weighted by Gasteiger charge is 2.37. The van der Waals surface area contributed by atoms with Crippen LogP contribution in [0.25, 0.3) is 16.8 Å². The van der Waals surface area contributed by atoms with Gasteiger partial charge in [0.15, 0.2) is 0 Å². The van der Waals surface area contributed by atoms with Gasteiger partial charge in [-0.3, -0.25) is 14.9 Å². The van der Waals surface area contributed by atoms with Gasteiger partial charge in [0.1, 0.15) is 17.9 Å². The van der Waals surface area contributed by atoms with Crippen molar-refractivity contribution in [1.82, 2.24) is 5.32 Å². The third-order valence-corrected chi connectivity index (χ3v) is 6.72. The molecule has 4 amide bonds. The average molecular weight is 531 g/mol. The highest BCUT2D eigenvalue weighted by atomic mass is 35.5. The van der Waals surface area contributed by atoms with E-state index >= 15 is 0 Å². The number of carbonyl (C=O) groups is 3. The fourth-order valence-electron chi connectivity index (χ4n) is 4.19. The second-order valence-electron chi connectivity index (χ2n) is 8.47. The number of aryl methyl sites for hydroxylation is 1. The molecule has 1 N–H and O–H groups in total. The van der Waals surface area contributed by atoms with E-state index in [1.807, 2.05) is 19.1 Å². The number of benzene rings is 4. The zero-order valence-electron chi connectivity index (χ0n) is 19.6. The molecular weight excluding hydrogens is 511 g/mol. The van der Waals surface area contributed by atoms with E-state index in [-0.39, 0.29) is 16.3 Å². The number of fused-ring (bicyclic) bond motifs is 1. The van der Waals surface area contributed by atoms with Crippen molar-refractivity contribution in [2.24, 2.45) is 0 Å². The van der Waals surface area contributed by atoms with Gasteiger partial charge in [-0.25, -0.2) is 9.69 Å². The summed E-state index contributed by atoms with van der Waals surface area (Å²) < 4.78 is 6.03. The van der Waals surface area contributed by atoms with Gasteiger partial charge < -0.3 is 4.74 Å². The first kappa shape index (κ1) is 24.6. The quantitative estimate of drug-likeness (QED) is 0.230. The van der Waals surface area contributed by atoms with E-state index in [1.54, 1.807) is 36.4 Å². The number of nitrogens with one attached hydrogen (secondary N) is 1. The summed E-state index contributed by atoms with van der Waals surface area (Å²) in [7, 11) is 0. The predicted octanol–water partition coefficient (Wildman–Crippen LogP) is 6.70. The standard InChI is InChI=1S/C29H20Cl2N2O4/c1-17-10-12-19-6-2-3-7-20(19)22(17)16-37-26-13-11-18(15-24(26)31)14-21-27(34)32-29(36)33(28(21)35)25-9-5-4-8-23(25)30/h2-15H,16H2,1H3,(H,32,34,36)/b21-14+. The number of ether oxygens (including phenoxy) is 1. The molecule has 0 aromatic heterocycles. The van der Waals surface area contributed by atoms with E-state index in [0.717, 1.165) is 26.8 Å². The van der Waals surface area contributed by atoms with Crippen LogP contribution in [-0.4, -0.2) is 17.8 Å². The van der Waals surface area contributed by atoms with Crippen molar-refractivity contribution in [2.75, 3.05) is 4.90 Å². The van der Waals surface area contributed by atoms with Crippen LogP contribution in [0.4, 0.5) is 10.5 Å². The van der Waals surface area contributed by atoms with Crippen LogP contribution in [-0.2, 0) is 16.2 Å². The normalized spacial score (nSPS) is 14.8. The number of imide groups is 2. The Morgan fingerprint density at radius 2 is 1.65 bits per heavy atom. The number of hydrogen-bond donors (Lipinski definition) is 1. The fraction of sp³-hybridized carbons (Fsp3) is 0.0690. The molecule has 0 unspecified atom stereocenters. The largest absolute Gasteiger partial charge is 0.487 e. The predicted molar refractivity (Wildman–Crippen MR) is 145 cm³/mol. The number of anilines is 1. The summed E-state index contributed by atoms with van der Waals surface area (Å²) in [5, 5.41) is 4.93. The maximum atomic E-state index is 13.1. The molecule has 1 heterocycles. The number of para-hydroxylation sites is 1. The highest BCUT2D eigenvalue weighted by Crippen LogP contribution is 2.31. The molecule has 1 fully saturated rings. The molecule has 6 nitrogen and oxygen atoms in total. The van der Waals surface area contributed by atoms with Crippen LogP contribution in [0.1, 0.15) is 16.7 Å². The third-order valence-electron chi connectivity index (χ3n) is 6.11. The lowest BCUT2D eigenvalue weighted by atomic mass is 10.0. The number of hydrogen-bond acceptors (Lipinski definition) is 4. The van der Waals surface area contributed by atoms with Gasteiger partial charge in [0.25, 0.3) is 11.8 Å². The van der Waals surface area contributed by atoms with Gasteiger partial charge in [0, 0.05) is 5.56 Å². The van der Waals surface area contributed by atoms with Crippen LogP contribution in [0.15, 0.2) is 84.4 Å². The minimum absolute atomic E-state index is 0.176. The smallest absolute Gasteiger partial charge is 0.335 e. The Balaban J connectivity index is 1.40. The number of barbiturate groups is 1. The summed E-state index contributed by atoms with van der Waals surface area (Å²) in [6.45, 7) is 2.36. The zero-order chi connectivity index (χ0) is 26.1. The molecule has 184 valence electrons. The van der Waals surface area contributed by atoms with E-state index < -0.39 is 17.8 Å². The SMILES string of the molecule is Cc1ccc2ccccc2c1COc1ccc(/C=C2\C(=O)NC(=O)N(c3ccccc3Cl)C2=O)cc1Cl. The molecule has 0 bridgehead atoms. The van der Waals surface area contributed by atoms with Crippen molar-refractivity contribution in [3.05, 3.63) is 111 Å². The minimum atomic E-state index is -0.870. The fourth-order valence-corrected chi connectivity index (χ4v) is 4.65. The molecule has 0 spiro atoms. The Morgan fingerprint density at radius 3 is 2.43 bits per heavy atom. The van der Waals surface area contributed by atoms with Crippen LogP contribution in [0.5, 0.6) is 5.75 Å². The average Bonchev–Trinajstić information content (AvgIpc) is 2.88. The monoisotopic (exact) mass is 530 g/mol. The Bertz CT molecular complexity index is 1610. The van der Waals surface area contributed by atoms with Crippen LogP contribution in [0, 0.1) is 6.92 Å². The van der Waals surface area contributed by atoms with Crippen LogP contribution in [0.2, 0.25) is 10.0 Å². The first-order chi connectivity index (χ1) is 17.8. The van der Waals surface area contributed by atoms with Crippen LogP contribution >= 0.6 is 23.2 Å². The Hall–Kier alpha value is -4.13. The summed E-state index contributed by atoms with van der Waals surface area (Å²) in [4.78, 5) is 38.8. The van der Waals surface area contributed by atoms with Gasteiger partial charge in [-0.05, 0) is 59.2 Å². The minimum Gasteiger partial charge on any atom is -0.487 e. The van der Waals surface area contributed by atoms with Crippen LogP contribution in [0.3, 0.4) is 0 Å². The molecule has 8 heteroatoms. The molecule has 0 saturated carbocycles. The van der Waals surface area contributed by atoms with Gasteiger partial charge in [-0.15, -0.1) is 0 Å². The summed E-state index contributed by atoms with van der Waals surface area (Å²) in [6.07, 6.45) is 1.37. The van der Waals surface area contributed by atoms with Crippen molar-refractivity contribution < 1.29 is 19.1 Å². The molecule has 1 aliphatic heterocycles. The van der Waals surface area contributed by atoms with Gasteiger partial charge in [0.05, 0.1) is 15.7 Å². The van der Waals surface area contributed by atoms with Crippen molar-refractivity contribution in [3.8, 4) is 5.75 Å². The van der Waals surface area contributed by atoms with Gasteiger partial charge in [-0.2, -0.15) is 0 Å². The third kappa shape index (κ3) is 4.81. The van der Waals surface area contributed by atoms with Crippen LogP contribution < -0.4 is 15.0 Å². The number of carbonyl (C=O) groups excluding carboxylic acids is 3. The summed E-state index contributed by atoms with van der Waals surface area (Å²) in [6, 6.07) is 22.7. The van der Waals surface area contributed by atoms with E-state index in [0.29, 0.717) is 22.9 Å². The van der Waals surface area contributed by atoms with E-state index in [9.17, 15) is 14.4 Å². The number of urea groups is 1. The van der Waals surface area contributed by atoms with Crippen molar-refractivity contribution in [3.63, 3.8) is 0 Å². The number of halogens is 2. The van der Waals surface area contributed by atoms with Crippen molar-refractivity contribution in [2.45, 2.75) is 13.5 Å². The molecule has 4 aromatic rings. The first-order valence-corrected chi connectivity index (χ1v) is 12.1. The molecule has 1 aliphatic rings. The van der Waals surface area contributed by atoms with E-state index in [1.165, 1.54) is 12.1 Å². The maximum Gasteiger partial charge on any atom is 0.335 e. The molecule has 5 rings (SSSR count). The summed E-state index contributed by atoms with van der Waals surface area (Å²) in [5.74, 6) is -1.13. The lowest BCUT2D eigenvalue weighted by Crippen LogP contribution is -2.54. The second-order valence-corrected chi connectivity index (χ2v) is 9.28. The first-order valence-electron chi connectivity index (χ1n) is 11.4. The molecular formula is C29H20Cl2N2O4. The molecule has 37 heavy (non-hydrogen) atoms. The lowest BCUT2D eigenvalue weighted by Gasteiger charge is -2.27. The number of nitrogens with zero attached hydrogens (tertiary/aromatic N) is 1. The topological polar surface area (TPSA) is 75.7 Å². The molecule has 0 aliphatic carbocycles. The molecule has 1 saturated heterocycles. The van der Waals surface area contributed by atoms with Crippen molar-refractivity contribution in [1.29, 1.82) is 0 Å². The van der Waals surface area contributed by atoms with E-state index in [4.69, 9.17) is 27.9 Å².